The molecular formula is C43H48F2N2O4. The third kappa shape index (κ3) is 7.10. The molecule has 51 heavy (non-hydrogen) atoms. The lowest BCUT2D eigenvalue weighted by Gasteiger charge is -2.31. The van der Waals surface area contributed by atoms with Gasteiger partial charge in [0.15, 0.2) is 0 Å². The van der Waals surface area contributed by atoms with Crippen molar-refractivity contribution in [2.24, 2.45) is 0 Å². The number of ether oxygens (including phenoxy) is 2. The van der Waals surface area contributed by atoms with Crippen LogP contribution >= 0.6 is 0 Å². The molecule has 268 valence electrons. The van der Waals surface area contributed by atoms with E-state index in [1.54, 1.807) is 53.7 Å². The van der Waals surface area contributed by atoms with Gasteiger partial charge >= 0.3 is 12.2 Å². The standard InChI is InChI=1S/C43H48F2N2O4/c1-39(2,3)50-37(48)46-35-17-13-27(21-33(35)44)25-11-15-29-31(19-25)43(23-41(29,7)8)24-42(9,10)30-16-12-26(20-32(30)43)28-14-18-36(34(45)22-28)47-38(49)51-40(4,5)6/h11-22H,23-24H2,1-10H3,(H,46,48)(H,47,49). The van der Waals surface area contributed by atoms with Crippen LogP contribution in [0.2, 0.25) is 0 Å². The molecule has 0 saturated heterocycles. The van der Waals surface area contributed by atoms with Crippen LogP contribution in [0.4, 0.5) is 29.7 Å². The van der Waals surface area contributed by atoms with Crippen molar-refractivity contribution in [2.45, 2.75) is 110 Å². The smallest absolute Gasteiger partial charge is 0.412 e. The maximum Gasteiger partial charge on any atom is 0.412 e. The number of nitrogens with one attached hydrogen (secondary N) is 2. The molecule has 1 spiro atoms. The Kier molecular flexibility index (Phi) is 8.64. The predicted octanol–water partition coefficient (Wildman–Crippen LogP) is 11.6. The molecule has 0 radical (unpaired) electrons. The fraction of sp³-hybridized carbons (Fsp3) is 0.395. The van der Waals surface area contributed by atoms with E-state index in [0.29, 0.717) is 11.1 Å². The van der Waals surface area contributed by atoms with Crippen LogP contribution in [0.3, 0.4) is 0 Å². The number of hydrogen-bond donors (Lipinski definition) is 2. The zero-order chi connectivity index (χ0) is 37.3. The number of rotatable bonds is 4. The Labute approximate surface area is 300 Å². The second-order valence-electron chi connectivity index (χ2n) is 17.4. The minimum Gasteiger partial charge on any atom is -0.444 e. The number of fused-ring (bicyclic) bond motifs is 4. The summed E-state index contributed by atoms with van der Waals surface area (Å²) in [6, 6.07) is 22.5. The molecule has 6 nitrogen and oxygen atoms in total. The molecular weight excluding hydrogens is 646 g/mol. The molecule has 8 heteroatoms. The Morgan fingerprint density at radius 3 is 1.22 bits per heavy atom. The SMILES string of the molecule is CC(C)(C)OC(=O)Nc1ccc(-c2ccc3c(c2)C2(CC3(C)C)CC(C)(C)c3ccc(-c4ccc(NC(=O)OC(C)(C)C)c(F)c4)cc32)cc1F. The van der Waals surface area contributed by atoms with Crippen LogP contribution in [0.15, 0.2) is 72.8 Å². The largest absolute Gasteiger partial charge is 0.444 e. The van der Waals surface area contributed by atoms with E-state index in [0.717, 1.165) is 24.0 Å². The Balaban J connectivity index is 1.37. The fourth-order valence-electron chi connectivity index (χ4n) is 8.13. The van der Waals surface area contributed by atoms with Crippen LogP contribution in [-0.4, -0.2) is 23.4 Å². The maximum atomic E-state index is 15.4. The van der Waals surface area contributed by atoms with E-state index in [2.05, 4.69) is 62.6 Å². The van der Waals surface area contributed by atoms with Gasteiger partial charge in [0.05, 0.1) is 11.4 Å². The first-order valence-corrected chi connectivity index (χ1v) is 17.5. The quantitative estimate of drug-likeness (QED) is 0.223. The first kappa shape index (κ1) is 36.1. The van der Waals surface area contributed by atoms with E-state index < -0.39 is 35.0 Å². The van der Waals surface area contributed by atoms with Gasteiger partial charge in [-0.25, -0.2) is 18.4 Å². The van der Waals surface area contributed by atoms with Gasteiger partial charge in [0.1, 0.15) is 22.8 Å². The Bertz CT molecular complexity index is 1910. The van der Waals surface area contributed by atoms with E-state index in [4.69, 9.17) is 9.47 Å². The van der Waals surface area contributed by atoms with E-state index in [-0.39, 0.29) is 27.6 Å². The number of hydrogen-bond acceptors (Lipinski definition) is 4. The lowest BCUT2D eigenvalue weighted by atomic mass is 9.72. The minimum absolute atomic E-state index is 0.0517. The van der Waals surface area contributed by atoms with E-state index in [1.807, 2.05) is 24.3 Å². The summed E-state index contributed by atoms with van der Waals surface area (Å²) in [6.07, 6.45) is 0.348. The summed E-state index contributed by atoms with van der Waals surface area (Å²) in [6.45, 7) is 19.6. The molecule has 0 aliphatic heterocycles. The molecule has 6 rings (SSSR count). The molecule has 2 amide bonds. The Hall–Kier alpha value is -4.72. The molecule has 2 aliphatic rings. The number of halogens is 2. The molecule has 0 aromatic heterocycles. The van der Waals surface area contributed by atoms with Gasteiger partial charge in [-0.15, -0.1) is 0 Å². The second-order valence-corrected chi connectivity index (χ2v) is 17.4. The van der Waals surface area contributed by atoms with Gasteiger partial charge in [0.25, 0.3) is 0 Å². The third-order valence-electron chi connectivity index (χ3n) is 9.89. The summed E-state index contributed by atoms with van der Waals surface area (Å²) < 4.78 is 41.4. The predicted molar refractivity (Wildman–Crippen MR) is 199 cm³/mol. The zero-order valence-corrected chi connectivity index (χ0v) is 31.2. The number of amides is 2. The average molecular weight is 695 g/mol. The van der Waals surface area contributed by atoms with Crippen LogP contribution < -0.4 is 10.6 Å². The Morgan fingerprint density at radius 2 is 0.882 bits per heavy atom. The molecule has 0 bridgehead atoms. The summed E-state index contributed by atoms with van der Waals surface area (Å²) >= 11 is 0. The van der Waals surface area contributed by atoms with Gasteiger partial charge < -0.3 is 9.47 Å². The highest BCUT2D eigenvalue weighted by molar-refractivity contribution is 5.86. The van der Waals surface area contributed by atoms with Crippen molar-refractivity contribution in [3.05, 3.63) is 107 Å². The van der Waals surface area contributed by atoms with E-state index in [9.17, 15) is 9.59 Å². The molecule has 2 aliphatic carbocycles. The lowest BCUT2D eigenvalue weighted by molar-refractivity contribution is 0.0624. The first-order valence-electron chi connectivity index (χ1n) is 17.5. The van der Waals surface area contributed by atoms with Crippen molar-refractivity contribution >= 4 is 23.6 Å². The molecule has 0 atom stereocenters. The van der Waals surface area contributed by atoms with Crippen molar-refractivity contribution < 1.29 is 27.8 Å². The zero-order valence-electron chi connectivity index (χ0n) is 31.2. The average Bonchev–Trinajstić information content (AvgIpc) is 3.36. The lowest BCUT2D eigenvalue weighted by Crippen LogP contribution is -2.27. The van der Waals surface area contributed by atoms with Gasteiger partial charge in [-0.05, 0) is 146 Å². The summed E-state index contributed by atoms with van der Waals surface area (Å²) in [5, 5.41) is 5.03. The van der Waals surface area contributed by atoms with Crippen LogP contribution in [-0.2, 0) is 25.7 Å². The van der Waals surface area contributed by atoms with Crippen LogP contribution in [0, 0.1) is 11.6 Å². The summed E-state index contributed by atoms with van der Waals surface area (Å²) in [4.78, 5) is 24.6. The Morgan fingerprint density at radius 1 is 0.549 bits per heavy atom. The van der Waals surface area contributed by atoms with Crippen molar-refractivity contribution in [3.8, 4) is 22.3 Å². The van der Waals surface area contributed by atoms with Gasteiger partial charge in [0.2, 0.25) is 0 Å². The van der Waals surface area contributed by atoms with Crippen molar-refractivity contribution in [1.82, 2.24) is 0 Å². The molecule has 0 fully saturated rings. The topological polar surface area (TPSA) is 76.7 Å². The first-order chi connectivity index (χ1) is 23.6. The number of carbonyl (C=O) groups is 2. The van der Waals surface area contributed by atoms with E-state index >= 15 is 8.78 Å². The second kappa shape index (κ2) is 12.2. The van der Waals surface area contributed by atoms with Crippen LogP contribution in [0.5, 0.6) is 0 Å². The van der Waals surface area contributed by atoms with Crippen molar-refractivity contribution in [3.63, 3.8) is 0 Å². The number of anilines is 2. The molecule has 4 aromatic carbocycles. The number of carbonyl (C=O) groups excluding carboxylic acids is 2. The summed E-state index contributed by atoms with van der Waals surface area (Å²) in [7, 11) is 0. The summed E-state index contributed by atoms with van der Waals surface area (Å²) in [5.41, 5.74) is 6.22. The fourth-order valence-corrected chi connectivity index (χ4v) is 8.13. The minimum atomic E-state index is -0.714. The van der Waals surface area contributed by atoms with E-state index in [1.165, 1.54) is 34.4 Å². The monoisotopic (exact) mass is 694 g/mol. The van der Waals surface area contributed by atoms with Crippen LogP contribution in [0.25, 0.3) is 22.3 Å². The van der Waals surface area contributed by atoms with Gasteiger partial charge in [-0.2, -0.15) is 0 Å². The molecule has 4 aromatic rings. The number of benzene rings is 4. The van der Waals surface area contributed by atoms with Gasteiger partial charge in [-0.1, -0.05) is 64.1 Å². The van der Waals surface area contributed by atoms with Gasteiger partial charge in [0, 0.05) is 5.41 Å². The molecule has 0 saturated carbocycles. The molecule has 0 unspecified atom stereocenters. The highest BCUT2D eigenvalue weighted by atomic mass is 19.1. The van der Waals surface area contributed by atoms with Gasteiger partial charge in [-0.3, -0.25) is 10.6 Å². The van der Waals surface area contributed by atoms with Crippen LogP contribution in [0.1, 0.15) is 104 Å². The third-order valence-corrected chi connectivity index (χ3v) is 9.89. The van der Waals surface area contributed by atoms with Crippen molar-refractivity contribution in [2.75, 3.05) is 10.6 Å². The molecule has 2 N–H and O–H groups in total. The molecule has 0 heterocycles. The highest BCUT2D eigenvalue weighted by Gasteiger charge is 2.56. The maximum absolute atomic E-state index is 15.4. The highest BCUT2D eigenvalue weighted by Crippen LogP contribution is 2.63. The normalized spacial score (nSPS) is 16.7. The van der Waals surface area contributed by atoms with Crippen molar-refractivity contribution in [1.29, 1.82) is 0 Å². The summed E-state index contributed by atoms with van der Waals surface area (Å²) in [5.74, 6) is -1.10.